The predicted molar refractivity (Wildman–Crippen MR) is 159 cm³/mol. The molecule has 4 rings (SSSR count). The minimum Gasteiger partial charge on any atom is -0.494 e. The Morgan fingerprint density at radius 3 is 2.52 bits per heavy atom. The lowest BCUT2D eigenvalue weighted by molar-refractivity contribution is -0.140. The zero-order valence-electron chi connectivity index (χ0n) is 24.8. The summed E-state index contributed by atoms with van der Waals surface area (Å²) in [6.07, 6.45) is 2.47. The number of nitrogens with one attached hydrogen (secondary N) is 4. The SMILES string of the molecule is CN[C@@H](C)CN[C@H](C(=O)N1CCC[C@H]1C(=O)Nc1cc2c(Nc3c(F)cccc3F)ncnc2cc1OC)C(C)(C)C. The molecular formula is C30H39F2N7O3. The van der Waals surface area contributed by atoms with E-state index in [4.69, 9.17) is 4.74 Å². The van der Waals surface area contributed by atoms with E-state index in [0.717, 1.165) is 12.1 Å². The standard InChI is InChI=1S/C30H39F2N7O3/c1-17(33-5)15-34-26(30(2,3)4)29(41)39-12-8-11-23(39)28(40)37-22-13-18-21(14-24(22)42-6)35-16-36-27(18)38-25-19(31)9-7-10-20(25)32/h7,9-10,13-14,16-17,23,26,33-34H,8,11-12,15H2,1-6H3,(H,37,40)(H,35,36,38)/t17-,23-,26+/m0/s1. The molecule has 1 aromatic heterocycles. The van der Waals surface area contributed by atoms with Gasteiger partial charge in [-0.1, -0.05) is 26.8 Å². The third-order valence-corrected chi connectivity index (χ3v) is 7.49. The summed E-state index contributed by atoms with van der Waals surface area (Å²) in [6, 6.07) is 5.75. The number of amides is 2. The molecule has 1 aliphatic heterocycles. The fraction of sp³-hybridized carbons (Fsp3) is 0.467. The molecule has 12 heteroatoms. The van der Waals surface area contributed by atoms with Crippen molar-refractivity contribution in [3.05, 3.63) is 48.3 Å². The van der Waals surface area contributed by atoms with Crippen molar-refractivity contribution in [1.82, 2.24) is 25.5 Å². The van der Waals surface area contributed by atoms with Crippen molar-refractivity contribution in [2.45, 2.75) is 58.7 Å². The molecule has 226 valence electrons. The van der Waals surface area contributed by atoms with Gasteiger partial charge < -0.3 is 30.9 Å². The van der Waals surface area contributed by atoms with Crippen LogP contribution in [-0.4, -0.2) is 72.1 Å². The smallest absolute Gasteiger partial charge is 0.247 e. The van der Waals surface area contributed by atoms with Crippen LogP contribution in [0.25, 0.3) is 10.9 Å². The number of halogens is 2. The Morgan fingerprint density at radius 2 is 1.88 bits per heavy atom. The van der Waals surface area contributed by atoms with Gasteiger partial charge in [-0.2, -0.15) is 0 Å². The molecule has 3 aromatic rings. The van der Waals surface area contributed by atoms with Crippen LogP contribution in [0.1, 0.15) is 40.5 Å². The van der Waals surface area contributed by atoms with Crippen molar-refractivity contribution >= 4 is 39.9 Å². The maximum Gasteiger partial charge on any atom is 0.247 e. The molecule has 10 nitrogen and oxygen atoms in total. The van der Waals surface area contributed by atoms with Crippen molar-refractivity contribution in [3.8, 4) is 5.75 Å². The van der Waals surface area contributed by atoms with Crippen LogP contribution in [0.5, 0.6) is 5.75 Å². The summed E-state index contributed by atoms with van der Waals surface area (Å²) in [5.41, 5.74) is 0.0166. The molecule has 0 saturated carbocycles. The monoisotopic (exact) mass is 583 g/mol. The molecule has 4 N–H and O–H groups in total. The normalized spacial score (nSPS) is 16.8. The second-order valence-electron chi connectivity index (χ2n) is 11.6. The maximum atomic E-state index is 14.4. The number of benzene rings is 2. The third kappa shape index (κ3) is 6.76. The number of nitrogens with zero attached hydrogens (tertiary/aromatic N) is 3. The molecule has 0 unspecified atom stereocenters. The number of hydrogen-bond donors (Lipinski definition) is 4. The number of methoxy groups -OCH3 is 1. The third-order valence-electron chi connectivity index (χ3n) is 7.49. The van der Waals surface area contributed by atoms with Crippen LogP contribution in [0.4, 0.5) is 26.0 Å². The maximum absolute atomic E-state index is 14.4. The van der Waals surface area contributed by atoms with E-state index in [2.05, 4.69) is 31.2 Å². The van der Waals surface area contributed by atoms with Crippen LogP contribution in [0, 0.1) is 17.0 Å². The van der Waals surface area contributed by atoms with E-state index in [0.29, 0.717) is 48.3 Å². The highest BCUT2D eigenvalue weighted by Gasteiger charge is 2.41. The molecule has 0 aliphatic carbocycles. The van der Waals surface area contributed by atoms with E-state index in [1.807, 2.05) is 34.7 Å². The highest BCUT2D eigenvalue weighted by molar-refractivity contribution is 6.02. The Bertz CT molecular complexity index is 1430. The first kappa shape index (κ1) is 31.0. The number of likely N-dealkylation sites (N-methyl/N-ethyl adjacent to an activating group) is 1. The molecule has 1 fully saturated rings. The van der Waals surface area contributed by atoms with E-state index in [1.165, 1.54) is 19.5 Å². The zero-order chi connectivity index (χ0) is 30.6. The van der Waals surface area contributed by atoms with Gasteiger partial charge in [-0.25, -0.2) is 18.7 Å². The van der Waals surface area contributed by atoms with Crippen LogP contribution < -0.4 is 26.0 Å². The van der Waals surface area contributed by atoms with Gasteiger partial charge in [-0.15, -0.1) is 0 Å². The van der Waals surface area contributed by atoms with Crippen LogP contribution in [-0.2, 0) is 9.59 Å². The van der Waals surface area contributed by atoms with Gasteiger partial charge in [0.05, 0.1) is 24.4 Å². The summed E-state index contributed by atoms with van der Waals surface area (Å²) < 4.78 is 34.2. The molecule has 0 spiro atoms. The summed E-state index contributed by atoms with van der Waals surface area (Å²) in [5.74, 6) is -1.56. The van der Waals surface area contributed by atoms with Crippen molar-refractivity contribution < 1.29 is 23.1 Å². The minimum absolute atomic E-state index is 0.124. The van der Waals surface area contributed by atoms with Gasteiger partial charge in [0.15, 0.2) is 0 Å². The number of hydrogen-bond acceptors (Lipinski definition) is 8. The predicted octanol–water partition coefficient (Wildman–Crippen LogP) is 4.20. The van der Waals surface area contributed by atoms with Crippen molar-refractivity contribution in [2.75, 3.05) is 37.9 Å². The van der Waals surface area contributed by atoms with Gasteiger partial charge in [-0.3, -0.25) is 9.59 Å². The molecular weight excluding hydrogens is 544 g/mol. The van der Waals surface area contributed by atoms with Crippen molar-refractivity contribution in [1.29, 1.82) is 0 Å². The average Bonchev–Trinajstić information content (AvgIpc) is 3.44. The topological polar surface area (TPSA) is 121 Å². The molecule has 1 saturated heterocycles. The van der Waals surface area contributed by atoms with Crippen molar-refractivity contribution in [2.24, 2.45) is 5.41 Å². The second-order valence-corrected chi connectivity index (χ2v) is 11.6. The van der Waals surface area contributed by atoms with Gasteiger partial charge in [0.2, 0.25) is 11.8 Å². The summed E-state index contributed by atoms with van der Waals surface area (Å²) >= 11 is 0. The first-order chi connectivity index (χ1) is 19.9. The highest BCUT2D eigenvalue weighted by atomic mass is 19.1. The summed E-state index contributed by atoms with van der Waals surface area (Å²) in [4.78, 5) is 37.5. The van der Waals surface area contributed by atoms with Gasteiger partial charge in [0.1, 0.15) is 41.3 Å². The summed E-state index contributed by atoms with van der Waals surface area (Å²) in [6.45, 7) is 9.09. The Kier molecular flexibility index (Phi) is 9.57. The molecule has 2 amide bonds. The Morgan fingerprint density at radius 1 is 1.17 bits per heavy atom. The number of anilines is 3. The number of aromatic nitrogens is 2. The van der Waals surface area contributed by atoms with Gasteiger partial charge >= 0.3 is 0 Å². The average molecular weight is 584 g/mol. The molecule has 42 heavy (non-hydrogen) atoms. The number of ether oxygens (including phenoxy) is 1. The van der Waals surface area contributed by atoms with E-state index in [1.54, 1.807) is 17.0 Å². The number of para-hydroxylation sites is 1. The van der Waals surface area contributed by atoms with E-state index >= 15 is 0 Å². The van der Waals surface area contributed by atoms with Gasteiger partial charge in [0.25, 0.3) is 0 Å². The van der Waals surface area contributed by atoms with E-state index < -0.39 is 23.7 Å². The Hall–Kier alpha value is -3.90. The first-order valence-corrected chi connectivity index (χ1v) is 14.0. The second kappa shape index (κ2) is 13.0. The lowest BCUT2D eigenvalue weighted by atomic mass is 9.85. The molecule has 0 bridgehead atoms. The Labute approximate surface area is 244 Å². The molecule has 3 atom stereocenters. The lowest BCUT2D eigenvalue weighted by Crippen LogP contribution is -2.57. The van der Waals surface area contributed by atoms with Crippen LogP contribution in [0.15, 0.2) is 36.7 Å². The zero-order valence-corrected chi connectivity index (χ0v) is 24.8. The first-order valence-electron chi connectivity index (χ1n) is 14.0. The Balaban J connectivity index is 1.61. The fourth-order valence-electron chi connectivity index (χ4n) is 5.03. The highest BCUT2D eigenvalue weighted by Crippen LogP contribution is 2.35. The van der Waals surface area contributed by atoms with Crippen LogP contribution in [0.3, 0.4) is 0 Å². The largest absolute Gasteiger partial charge is 0.494 e. The molecule has 0 radical (unpaired) electrons. The number of rotatable bonds is 10. The lowest BCUT2D eigenvalue weighted by Gasteiger charge is -2.36. The summed E-state index contributed by atoms with van der Waals surface area (Å²) in [7, 11) is 3.33. The van der Waals surface area contributed by atoms with Crippen molar-refractivity contribution in [3.63, 3.8) is 0 Å². The van der Waals surface area contributed by atoms with Gasteiger partial charge in [-0.05, 0) is 50.4 Å². The van der Waals surface area contributed by atoms with Gasteiger partial charge in [0, 0.05) is 30.6 Å². The van der Waals surface area contributed by atoms with Crippen LogP contribution >= 0.6 is 0 Å². The minimum atomic E-state index is -0.779. The van der Waals surface area contributed by atoms with E-state index in [-0.39, 0.29) is 34.8 Å². The molecule has 1 aliphatic rings. The van der Waals surface area contributed by atoms with Crippen LogP contribution in [0.2, 0.25) is 0 Å². The number of carbonyl (C=O) groups excluding carboxylic acids is 2. The fourth-order valence-corrected chi connectivity index (χ4v) is 5.03. The number of likely N-dealkylation sites (tertiary alicyclic amines) is 1. The quantitative estimate of drug-likeness (QED) is 0.280. The summed E-state index contributed by atoms with van der Waals surface area (Å²) in [5, 5.41) is 12.6. The number of carbonyl (C=O) groups is 2. The number of fused-ring (bicyclic) bond motifs is 1. The molecule has 2 heterocycles. The van der Waals surface area contributed by atoms with E-state index in [9.17, 15) is 18.4 Å². The molecule has 2 aromatic carbocycles.